The average molecular weight is 389 g/mol. The minimum absolute atomic E-state index is 0.350. The number of carbonyl (C=O) groups excluding carboxylic acids is 1. The Labute approximate surface area is 160 Å². The van der Waals surface area contributed by atoms with Crippen molar-refractivity contribution in [1.29, 1.82) is 0 Å². The van der Waals surface area contributed by atoms with Crippen LogP contribution in [0.3, 0.4) is 0 Å². The van der Waals surface area contributed by atoms with Crippen molar-refractivity contribution in [3.63, 3.8) is 0 Å². The van der Waals surface area contributed by atoms with Crippen LogP contribution in [0.25, 0.3) is 10.1 Å². The Morgan fingerprint density at radius 1 is 1.23 bits per heavy atom. The summed E-state index contributed by atoms with van der Waals surface area (Å²) < 4.78 is 11.5. The third kappa shape index (κ3) is 3.98. The molecule has 0 atom stereocenters. The zero-order chi connectivity index (χ0) is 18.5. The number of carbonyl (C=O) groups is 1. The molecule has 134 valence electrons. The molecule has 2 aromatic carbocycles. The molecular weight excluding hydrogens is 372 g/mol. The zero-order valence-corrected chi connectivity index (χ0v) is 15.9. The van der Waals surface area contributed by atoms with E-state index >= 15 is 0 Å². The number of halogens is 1. The van der Waals surface area contributed by atoms with Crippen molar-refractivity contribution >= 4 is 45.1 Å². The number of thiophene rings is 1. The van der Waals surface area contributed by atoms with Gasteiger partial charge in [-0.15, -0.1) is 11.3 Å². The quantitative estimate of drug-likeness (QED) is 0.490. The minimum Gasteiger partial charge on any atom is -0.497 e. The topological polar surface area (TPSA) is 59.9 Å². The highest BCUT2D eigenvalue weighted by Gasteiger charge is 2.17. The Balaban J connectivity index is 1.71. The first-order chi connectivity index (χ1) is 12.6. The maximum Gasteiger partial charge on any atom is 0.283 e. The molecule has 7 heteroatoms. The number of nitrogens with one attached hydrogen (secondary N) is 1. The largest absolute Gasteiger partial charge is 0.497 e. The van der Waals surface area contributed by atoms with Crippen LogP contribution in [0.2, 0.25) is 5.02 Å². The standard InChI is InChI=1S/C19H17ClN2O3S/c1-3-25-13-6-4-12(5-7-13)11-21-22-19(23)18-17(20)15-9-8-14(24-2)10-16(15)26-18/h4-11H,3H2,1-2H3,(H,22,23)/b21-11+. The van der Waals surface area contributed by atoms with E-state index in [0.717, 1.165) is 27.1 Å². The maximum atomic E-state index is 12.4. The summed E-state index contributed by atoms with van der Waals surface area (Å²) in [5, 5.41) is 5.23. The van der Waals surface area contributed by atoms with Gasteiger partial charge in [0, 0.05) is 10.1 Å². The second-order valence-electron chi connectivity index (χ2n) is 5.31. The molecular formula is C19H17ClN2O3S. The first-order valence-corrected chi connectivity index (χ1v) is 9.14. The van der Waals surface area contributed by atoms with Crippen LogP contribution in [0.1, 0.15) is 22.2 Å². The van der Waals surface area contributed by atoms with Crippen molar-refractivity contribution < 1.29 is 14.3 Å². The third-order valence-electron chi connectivity index (χ3n) is 3.61. The molecule has 0 saturated heterocycles. The Kier molecular flexibility index (Phi) is 5.75. The number of fused-ring (bicyclic) bond motifs is 1. The normalized spacial score (nSPS) is 11.0. The molecule has 1 N–H and O–H groups in total. The number of nitrogens with zero attached hydrogens (tertiary/aromatic N) is 1. The lowest BCUT2D eigenvalue weighted by Crippen LogP contribution is -2.16. The summed E-state index contributed by atoms with van der Waals surface area (Å²) in [6.07, 6.45) is 1.57. The molecule has 3 rings (SSSR count). The fourth-order valence-electron chi connectivity index (χ4n) is 2.35. The molecule has 3 aromatic rings. The second-order valence-corrected chi connectivity index (χ2v) is 6.74. The van der Waals surface area contributed by atoms with Gasteiger partial charge >= 0.3 is 0 Å². The van der Waals surface area contributed by atoms with Crippen LogP contribution in [0.4, 0.5) is 0 Å². The lowest BCUT2D eigenvalue weighted by Gasteiger charge is -2.02. The van der Waals surface area contributed by atoms with Gasteiger partial charge in [-0.3, -0.25) is 4.79 Å². The smallest absolute Gasteiger partial charge is 0.283 e. The summed E-state index contributed by atoms with van der Waals surface area (Å²) in [6.45, 7) is 2.55. The summed E-state index contributed by atoms with van der Waals surface area (Å²) in [5.74, 6) is 1.16. The molecule has 0 aliphatic heterocycles. The predicted molar refractivity (Wildman–Crippen MR) is 106 cm³/mol. The minimum atomic E-state index is -0.350. The molecule has 26 heavy (non-hydrogen) atoms. The molecule has 0 unspecified atom stereocenters. The summed E-state index contributed by atoms with van der Waals surface area (Å²) >= 11 is 7.63. The van der Waals surface area contributed by atoms with Crippen molar-refractivity contribution in [2.75, 3.05) is 13.7 Å². The number of methoxy groups -OCH3 is 1. The average Bonchev–Trinajstić information content (AvgIpc) is 2.99. The number of amides is 1. The zero-order valence-electron chi connectivity index (χ0n) is 14.3. The van der Waals surface area contributed by atoms with Crippen LogP contribution < -0.4 is 14.9 Å². The van der Waals surface area contributed by atoms with Crippen LogP contribution >= 0.6 is 22.9 Å². The van der Waals surface area contributed by atoms with E-state index in [-0.39, 0.29) is 5.91 Å². The second kappa shape index (κ2) is 8.21. The molecule has 0 saturated carbocycles. The van der Waals surface area contributed by atoms with E-state index in [1.165, 1.54) is 11.3 Å². The van der Waals surface area contributed by atoms with Crippen molar-refractivity contribution in [3.05, 3.63) is 57.9 Å². The molecule has 1 heterocycles. The number of benzene rings is 2. The summed E-state index contributed by atoms with van der Waals surface area (Å²) in [6, 6.07) is 12.9. The van der Waals surface area contributed by atoms with Gasteiger partial charge in [0.15, 0.2) is 0 Å². The Hall–Kier alpha value is -2.57. The summed E-state index contributed by atoms with van der Waals surface area (Å²) in [7, 11) is 1.60. The first kappa shape index (κ1) is 18.2. The van der Waals surface area contributed by atoms with Crippen molar-refractivity contribution in [2.45, 2.75) is 6.92 Å². The number of hydrogen-bond donors (Lipinski definition) is 1. The predicted octanol–water partition coefficient (Wildman–Crippen LogP) is 4.73. The molecule has 0 fully saturated rings. The van der Waals surface area contributed by atoms with E-state index < -0.39 is 0 Å². The van der Waals surface area contributed by atoms with Gasteiger partial charge in [-0.05, 0) is 55.0 Å². The van der Waals surface area contributed by atoms with E-state index in [4.69, 9.17) is 21.1 Å². The van der Waals surface area contributed by atoms with Gasteiger partial charge in [-0.1, -0.05) is 11.6 Å². The first-order valence-electron chi connectivity index (χ1n) is 7.94. The van der Waals surface area contributed by atoms with E-state index in [2.05, 4.69) is 10.5 Å². The van der Waals surface area contributed by atoms with Gasteiger partial charge in [-0.25, -0.2) is 5.43 Å². The summed E-state index contributed by atoms with van der Waals surface area (Å²) in [5.41, 5.74) is 3.36. The molecule has 0 aliphatic rings. The highest BCUT2D eigenvalue weighted by Crippen LogP contribution is 2.37. The maximum absolute atomic E-state index is 12.4. The van der Waals surface area contributed by atoms with Crippen LogP contribution in [-0.2, 0) is 0 Å². The van der Waals surface area contributed by atoms with Crippen molar-refractivity contribution in [3.8, 4) is 11.5 Å². The Morgan fingerprint density at radius 3 is 2.65 bits per heavy atom. The van der Waals surface area contributed by atoms with Crippen LogP contribution in [0.15, 0.2) is 47.6 Å². The van der Waals surface area contributed by atoms with Crippen LogP contribution in [0, 0.1) is 0 Å². The van der Waals surface area contributed by atoms with Gasteiger partial charge in [0.25, 0.3) is 5.91 Å². The van der Waals surface area contributed by atoms with E-state index in [9.17, 15) is 4.79 Å². The van der Waals surface area contributed by atoms with Gasteiger partial charge in [0.2, 0.25) is 0 Å². The molecule has 0 aliphatic carbocycles. The monoisotopic (exact) mass is 388 g/mol. The van der Waals surface area contributed by atoms with E-state index in [0.29, 0.717) is 16.5 Å². The fraction of sp³-hybridized carbons (Fsp3) is 0.158. The lowest BCUT2D eigenvalue weighted by molar-refractivity contribution is 0.0959. The molecule has 5 nitrogen and oxygen atoms in total. The van der Waals surface area contributed by atoms with Crippen LogP contribution in [0.5, 0.6) is 11.5 Å². The van der Waals surface area contributed by atoms with Crippen LogP contribution in [-0.4, -0.2) is 25.8 Å². The Morgan fingerprint density at radius 2 is 1.96 bits per heavy atom. The van der Waals surface area contributed by atoms with E-state index in [1.54, 1.807) is 13.3 Å². The van der Waals surface area contributed by atoms with Crippen molar-refractivity contribution in [1.82, 2.24) is 5.43 Å². The van der Waals surface area contributed by atoms with E-state index in [1.807, 2.05) is 49.4 Å². The Bertz CT molecular complexity index is 951. The van der Waals surface area contributed by atoms with Gasteiger partial charge in [-0.2, -0.15) is 5.10 Å². The number of ether oxygens (including phenoxy) is 2. The highest BCUT2D eigenvalue weighted by molar-refractivity contribution is 7.21. The number of rotatable bonds is 6. The fourth-order valence-corrected chi connectivity index (χ4v) is 3.79. The van der Waals surface area contributed by atoms with Crippen molar-refractivity contribution in [2.24, 2.45) is 5.10 Å². The molecule has 1 aromatic heterocycles. The van der Waals surface area contributed by atoms with Gasteiger partial charge < -0.3 is 9.47 Å². The third-order valence-corrected chi connectivity index (χ3v) is 5.27. The summed E-state index contributed by atoms with van der Waals surface area (Å²) in [4.78, 5) is 12.8. The van der Waals surface area contributed by atoms with Gasteiger partial charge in [0.1, 0.15) is 16.4 Å². The van der Waals surface area contributed by atoms with Gasteiger partial charge in [0.05, 0.1) is 25.0 Å². The SMILES string of the molecule is CCOc1ccc(/C=N/NC(=O)c2sc3cc(OC)ccc3c2Cl)cc1. The lowest BCUT2D eigenvalue weighted by atomic mass is 10.2. The molecule has 0 radical (unpaired) electrons. The number of hydrazone groups is 1. The number of hydrogen-bond acceptors (Lipinski definition) is 5. The molecule has 0 bridgehead atoms. The molecule has 0 spiro atoms. The highest BCUT2D eigenvalue weighted by atomic mass is 35.5. The molecule has 1 amide bonds.